The van der Waals surface area contributed by atoms with E-state index in [9.17, 15) is 19.2 Å². The fourth-order valence-corrected chi connectivity index (χ4v) is 4.89. The lowest BCUT2D eigenvalue weighted by Gasteiger charge is -2.36. The molecule has 3 heterocycles. The number of nitrogens with one attached hydrogen (secondary N) is 4. The normalized spacial score (nSPS) is 25.2. The number of piperazine rings is 1. The van der Waals surface area contributed by atoms with Gasteiger partial charge in [-0.15, -0.1) is 0 Å². The van der Waals surface area contributed by atoms with Crippen LogP contribution >= 0.6 is 0 Å². The Bertz CT molecular complexity index is 875. The molecule has 0 spiro atoms. The molecule has 3 aliphatic rings. The van der Waals surface area contributed by atoms with Crippen molar-refractivity contribution in [2.45, 2.75) is 75.5 Å². The van der Waals surface area contributed by atoms with E-state index in [1.54, 1.807) is 4.90 Å². The van der Waals surface area contributed by atoms with E-state index in [2.05, 4.69) is 31.2 Å². The number of carbonyl (C=O) groups excluding carboxylic acids is 4. The first-order valence-corrected chi connectivity index (χ1v) is 11.7. The van der Waals surface area contributed by atoms with Crippen LogP contribution < -0.4 is 21.3 Å². The Morgan fingerprint density at radius 1 is 1.09 bits per heavy atom. The Morgan fingerprint density at radius 2 is 1.91 bits per heavy atom. The first kappa shape index (κ1) is 22.9. The van der Waals surface area contributed by atoms with Crippen LogP contribution in [-0.4, -0.2) is 75.9 Å². The molecule has 11 heteroatoms. The minimum absolute atomic E-state index is 0.142. The Kier molecular flexibility index (Phi) is 7.36. The van der Waals surface area contributed by atoms with Gasteiger partial charge in [-0.05, 0) is 32.1 Å². The summed E-state index contributed by atoms with van der Waals surface area (Å²) in [6, 6.07) is -1.80. The number of amides is 5. The van der Waals surface area contributed by atoms with Crippen LogP contribution in [0.4, 0.5) is 4.79 Å². The van der Waals surface area contributed by atoms with Gasteiger partial charge in [-0.3, -0.25) is 19.4 Å². The van der Waals surface area contributed by atoms with Gasteiger partial charge in [0.1, 0.15) is 17.8 Å². The molecule has 0 aromatic carbocycles. The van der Waals surface area contributed by atoms with Crippen molar-refractivity contribution in [3.05, 3.63) is 24.3 Å². The lowest BCUT2D eigenvalue weighted by molar-refractivity contribution is -0.147. The maximum atomic E-state index is 12.9. The molecule has 0 bridgehead atoms. The minimum atomic E-state index is -0.679. The summed E-state index contributed by atoms with van der Waals surface area (Å²) in [5.41, 5.74) is 0.227. The van der Waals surface area contributed by atoms with Gasteiger partial charge in [-0.2, -0.15) is 0 Å². The number of fused-ring (bicyclic) bond motifs is 1. The van der Waals surface area contributed by atoms with E-state index in [0.29, 0.717) is 32.4 Å². The summed E-state index contributed by atoms with van der Waals surface area (Å²) in [7, 11) is 0. The zero-order chi connectivity index (χ0) is 23.2. The third-order valence-electron chi connectivity index (χ3n) is 6.57. The fourth-order valence-electron chi connectivity index (χ4n) is 4.89. The molecule has 0 radical (unpaired) electrons. The highest BCUT2D eigenvalue weighted by molar-refractivity contribution is 5.98. The Balaban J connectivity index is 1.23. The second kappa shape index (κ2) is 10.6. The maximum Gasteiger partial charge on any atom is 0.315 e. The first-order chi connectivity index (χ1) is 16.0. The monoisotopic (exact) mass is 457 g/mol. The summed E-state index contributed by atoms with van der Waals surface area (Å²) in [4.78, 5) is 59.5. The van der Waals surface area contributed by atoms with Gasteiger partial charge in [0.25, 0.3) is 5.91 Å². The molecule has 2 aliphatic heterocycles. The largest absolute Gasteiger partial charge is 0.351 e. The topological polar surface area (TPSA) is 145 Å². The number of rotatable bonds is 7. The van der Waals surface area contributed by atoms with Crippen LogP contribution in [-0.2, 0) is 9.59 Å². The van der Waals surface area contributed by atoms with Crippen molar-refractivity contribution in [3.63, 3.8) is 0 Å². The van der Waals surface area contributed by atoms with Gasteiger partial charge in [-0.1, -0.05) is 19.3 Å². The van der Waals surface area contributed by atoms with E-state index in [4.69, 9.17) is 0 Å². The molecule has 0 unspecified atom stereocenters. The molecule has 4 rings (SSSR count). The van der Waals surface area contributed by atoms with Gasteiger partial charge >= 0.3 is 6.03 Å². The number of urea groups is 1. The van der Waals surface area contributed by atoms with Crippen LogP contribution in [0.15, 0.2) is 18.6 Å². The lowest BCUT2D eigenvalue weighted by Crippen LogP contribution is -2.65. The molecule has 2 saturated heterocycles. The van der Waals surface area contributed by atoms with Crippen molar-refractivity contribution in [2.24, 2.45) is 0 Å². The highest BCUT2D eigenvalue weighted by Gasteiger charge is 2.48. The summed E-state index contributed by atoms with van der Waals surface area (Å²) in [6.45, 7) is 0.787. The third-order valence-corrected chi connectivity index (χ3v) is 6.57. The van der Waals surface area contributed by atoms with Crippen LogP contribution in [0.3, 0.4) is 0 Å². The van der Waals surface area contributed by atoms with Gasteiger partial charge in [-0.25, -0.2) is 9.78 Å². The maximum absolute atomic E-state index is 12.9. The Labute approximate surface area is 192 Å². The summed E-state index contributed by atoms with van der Waals surface area (Å²) in [5, 5.41) is 11.5. The molecule has 33 heavy (non-hydrogen) atoms. The van der Waals surface area contributed by atoms with E-state index >= 15 is 0 Å². The van der Waals surface area contributed by atoms with E-state index < -0.39 is 18.1 Å². The van der Waals surface area contributed by atoms with Crippen molar-refractivity contribution in [2.75, 3.05) is 13.1 Å². The standard InChI is InChI=1S/C22H31N7O4/c30-19(17-13-23-10-11-24-17)25-9-4-7-16-21(32)29-12-8-15(18(29)20(31)27-16)28-22(33)26-14-5-2-1-3-6-14/h10-11,13-16,18H,1-9,12H2,(H,25,30)(H,27,31)(H2,26,28,33)/t15-,16-,18-/m0/s1. The number of hydrogen-bond donors (Lipinski definition) is 4. The molecule has 11 nitrogen and oxygen atoms in total. The molecular weight excluding hydrogens is 426 g/mol. The zero-order valence-electron chi connectivity index (χ0n) is 18.6. The molecule has 4 N–H and O–H groups in total. The molecule has 5 amide bonds. The molecule has 1 saturated carbocycles. The first-order valence-electron chi connectivity index (χ1n) is 11.7. The Hall–Kier alpha value is -3.24. The van der Waals surface area contributed by atoms with Crippen LogP contribution in [0, 0.1) is 0 Å². The summed E-state index contributed by atoms with van der Waals surface area (Å²) in [6.07, 6.45) is 11.2. The highest BCUT2D eigenvalue weighted by Crippen LogP contribution is 2.24. The molecule has 1 aromatic heterocycles. The van der Waals surface area contributed by atoms with Gasteiger partial charge in [0, 0.05) is 31.5 Å². The fraction of sp³-hybridized carbons (Fsp3) is 0.636. The second-order valence-electron chi connectivity index (χ2n) is 8.87. The van der Waals surface area contributed by atoms with Gasteiger partial charge in [0.05, 0.1) is 12.2 Å². The van der Waals surface area contributed by atoms with Crippen LogP contribution in [0.2, 0.25) is 0 Å². The summed E-state index contributed by atoms with van der Waals surface area (Å²) < 4.78 is 0. The smallest absolute Gasteiger partial charge is 0.315 e. The van der Waals surface area contributed by atoms with Crippen molar-refractivity contribution >= 4 is 23.8 Å². The predicted octanol–water partition coefficient (Wildman–Crippen LogP) is 0.0864. The van der Waals surface area contributed by atoms with E-state index in [1.807, 2.05) is 0 Å². The zero-order valence-corrected chi connectivity index (χ0v) is 18.6. The summed E-state index contributed by atoms with van der Waals surface area (Å²) >= 11 is 0. The predicted molar refractivity (Wildman–Crippen MR) is 118 cm³/mol. The van der Waals surface area contributed by atoms with Crippen molar-refractivity contribution < 1.29 is 19.2 Å². The molecular formula is C22H31N7O4. The second-order valence-corrected chi connectivity index (χ2v) is 8.87. The lowest BCUT2D eigenvalue weighted by atomic mass is 9.96. The highest BCUT2D eigenvalue weighted by atomic mass is 16.2. The number of aromatic nitrogens is 2. The molecule has 178 valence electrons. The third kappa shape index (κ3) is 5.58. The van der Waals surface area contributed by atoms with Gasteiger partial charge in [0.2, 0.25) is 11.8 Å². The number of nitrogens with zero attached hydrogens (tertiary/aromatic N) is 3. The number of carbonyl (C=O) groups is 4. The van der Waals surface area contributed by atoms with E-state index in [0.717, 1.165) is 25.7 Å². The number of hydrogen-bond acceptors (Lipinski definition) is 6. The SMILES string of the molecule is O=C(NC1CCCCC1)N[C@H]1CCN2C(=O)[C@H](CCCNC(=O)c3cnccn3)NC(=O)[C@H]12. The molecule has 1 aromatic rings. The average molecular weight is 458 g/mol. The van der Waals surface area contributed by atoms with Crippen LogP contribution in [0.5, 0.6) is 0 Å². The van der Waals surface area contributed by atoms with Crippen LogP contribution in [0.1, 0.15) is 61.9 Å². The Morgan fingerprint density at radius 3 is 2.67 bits per heavy atom. The molecule has 3 atom stereocenters. The quantitative estimate of drug-likeness (QED) is 0.427. The molecule has 3 fully saturated rings. The minimum Gasteiger partial charge on any atom is -0.351 e. The van der Waals surface area contributed by atoms with Gasteiger partial charge in [0.15, 0.2) is 0 Å². The van der Waals surface area contributed by atoms with Crippen molar-refractivity contribution in [3.8, 4) is 0 Å². The average Bonchev–Trinajstić information content (AvgIpc) is 3.25. The van der Waals surface area contributed by atoms with Gasteiger partial charge < -0.3 is 26.2 Å². The van der Waals surface area contributed by atoms with Crippen LogP contribution in [0.25, 0.3) is 0 Å². The van der Waals surface area contributed by atoms with Crippen molar-refractivity contribution in [1.82, 2.24) is 36.1 Å². The van der Waals surface area contributed by atoms with E-state index in [1.165, 1.54) is 25.0 Å². The summed E-state index contributed by atoms with van der Waals surface area (Å²) in [5.74, 6) is -0.720. The van der Waals surface area contributed by atoms with E-state index in [-0.39, 0.29) is 35.5 Å². The van der Waals surface area contributed by atoms with Crippen molar-refractivity contribution in [1.29, 1.82) is 0 Å². The molecule has 1 aliphatic carbocycles.